The summed E-state index contributed by atoms with van der Waals surface area (Å²) in [7, 11) is 5.43. The number of benzene rings is 1. The number of hydrogen-bond donors (Lipinski definition) is 1. The Morgan fingerprint density at radius 2 is 2.00 bits per heavy atom. The van der Waals surface area contributed by atoms with Gasteiger partial charge in [-0.05, 0) is 11.6 Å². The highest BCUT2D eigenvalue weighted by atomic mass is 16.5. The number of aromatic nitrogens is 1. The number of hydrogen-bond acceptors (Lipinski definition) is 3. The first-order chi connectivity index (χ1) is 10.7. The molecule has 0 saturated carbocycles. The second kappa shape index (κ2) is 8.02. The van der Waals surface area contributed by atoms with Crippen LogP contribution in [-0.2, 0) is 13.1 Å². The van der Waals surface area contributed by atoms with Gasteiger partial charge < -0.3 is 15.0 Å². The Labute approximate surface area is 131 Å². The quantitative estimate of drug-likeness (QED) is 0.680. The number of methoxy groups -OCH3 is 1. The molecule has 0 bridgehead atoms. The molecule has 0 spiro atoms. The lowest BCUT2D eigenvalue weighted by Gasteiger charge is -2.22. The molecule has 0 saturated heterocycles. The summed E-state index contributed by atoms with van der Waals surface area (Å²) in [6.07, 6.45) is 1.72. The van der Waals surface area contributed by atoms with E-state index in [0.29, 0.717) is 12.4 Å². The molecule has 0 aliphatic rings. The lowest BCUT2D eigenvalue weighted by atomic mass is 10.2. The maximum atomic E-state index is 5.26. The van der Waals surface area contributed by atoms with Crippen molar-refractivity contribution in [1.29, 1.82) is 0 Å². The van der Waals surface area contributed by atoms with E-state index in [1.807, 2.05) is 37.4 Å². The summed E-state index contributed by atoms with van der Waals surface area (Å²) >= 11 is 0. The Morgan fingerprint density at radius 1 is 1.23 bits per heavy atom. The fourth-order valence-corrected chi connectivity index (χ4v) is 2.23. The summed E-state index contributed by atoms with van der Waals surface area (Å²) in [5, 5.41) is 3.34. The minimum atomic E-state index is 0.614. The van der Waals surface area contributed by atoms with Crippen molar-refractivity contribution in [2.45, 2.75) is 13.1 Å². The zero-order chi connectivity index (χ0) is 15.8. The van der Waals surface area contributed by atoms with Crippen LogP contribution in [0.5, 0.6) is 5.88 Å². The summed E-state index contributed by atoms with van der Waals surface area (Å²) in [6, 6.07) is 14.2. The lowest BCUT2D eigenvalue weighted by molar-refractivity contribution is 0.391. The molecular formula is C17H22N4O. The van der Waals surface area contributed by atoms with E-state index in [2.05, 4.69) is 32.3 Å². The van der Waals surface area contributed by atoms with Crippen molar-refractivity contribution in [3.8, 4) is 5.88 Å². The van der Waals surface area contributed by atoms with Gasteiger partial charge in [-0.25, -0.2) is 4.98 Å². The van der Waals surface area contributed by atoms with E-state index in [-0.39, 0.29) is 0 Å². The van der Waals surface area contributed by atoms with E-state index in [1.165, 1.54) is 5.56 Å². The van der Waals surface area contributed by atoms with Crippen LogP contribution < -0.4 is 10.1 Å². The van der Waals surface area contributed by atoms with Gasteiger partial charge in [0.05, 0.1) is 7.11 Å². The van der Waals surface area contributed by atoms with Gasteiger partial charge in [0.25, 0.3) is 0 Å². The van der Waals surface area contributed by atoms with Crippen molar-refractivity contribution in [2.24, 2.45) is 4.99 Å². The molecule has 1 aromatic carbocycles. The molecule has 2 rings (SSSR count). The van der Waals surface area contributed by atoms with Crippen LogP contribution in [0.25, 0.3) is 0 Å². The average molecular weight is 298 g/mol. The third-order valence-electron chi connectivity index (χ3n) is 3.32. The molecule has 0 radical (unpaired) electrons. The Morgan fingerprint density at radius 3 is 2.68 bits per heavy atom. The molecule has 0 atom stereocenters. The average Bonchev–Trinajstić information content (AvgIpc) is 2.56. The molecule has 5 nitrogen and oxygen atoms in total. The monoisotopic (exact) mass is 298 g/mol. The summed E-state index contributed by atoms with van der Waals surface area (Å²) in [5.74, 6) is 1.46. The van der Waals surface area contributed by atoms with Crippen molar-refractivity contribution in [2.75, 3.05) is 21.2 Å². The smallest absolute Gasteiger partial charge is 0.218 e. The molecule has 2 aromatic rings. The Bertz CT molecular complexity index is 613. The maximum absolute atomic E-state index is 5.26. The molecule has 1 N–H and O–H groups in total. The van der Waals surface area contributed by atoms with Crippen LogP contribution in [-0.4, -0.2) is 37.0 Å². The van der Waals surface area contributed by atoms with Gasteiger partial charge in [0.2, 0.25) is 5.88 Å². The predicted molar refractivity (Wildman–Crippen MR) is 88.9 cm³/mol. The Hall–Kier alpha value is -2.56. The predicted octanol–water partition coefficient (Wildman–Crippen LogP) is 2.30. The van der Waals surface area contributed by atoms with Crippen molar-refractivity contribution >= 4 is 5.96 Å². The van der Waals surface area contributed by atoms with Crippen LogP contribution in [0.1, 0.15) is 11.1 Å². The lowest BCUT2D eigenvalue weighted by Crippen LogP contribution is -2.38. The first-order valence-corrected chi connectivity index (χ1v) is 7.18. The highest BCUT2D eigenvalue weighted by Gasteiger charge is 2.08. The molecule has 22 heavy (non-hydrogen) atoms. The van der Waals surface area contributed by atoms with E-state index in [1.54, 1.807) is 20.4 Å². The molecule has 0 unspecified atom stereocenters. The van der Waals surface area contributed by atoms with Gasteiger partial charge in [-0.2, -0.15) is 0 Å². The first-order valence-electron chi connectivity index (χ1n) is 7.18. The van der Waals surface area contributed by atoms with Crippen LogP contribution in [0.15, 0.2) is 53.7 Å². The van der Waals surface area contributed by atoms with Crippen LogP contribution in [0.3, 0.4) is 0 Å². The summed E-state index contributed by atoms with van der Waals surface area (Å²) in [5.41, 5.74) is 2.24. The van der Waals surface area contributed by atoms with E-state index >= 15 is 0 Å². The molecule has 1 heterocycles. The minimum absolute atomic E-state index is 0.614. The van der Waals surface area contributed by atoms with E-state index in [4.69, 9.17) is 4.74 Å². The van der Waals surface area contributed by atoms with Gasteiger partial charge in [-0.3, -0.25) is 4.99 Å². The van der Waals surface area contributed by atoms with Crippen molar-refractivity contribution in [1.82, 2.24) is 15.2 Å². The zero-order valence-electron chi connectivity index (χ0n) is 13.3. The summed E-state index contributed by atoms with van der Waals surface area (Å²) in [4.78, 5) is 10.6. The van der Waals surface area contributed by atoms with Gasteiger partial charge in [-0.1, -0.05) is 36.4 Å². The number of nitrogens with one attached hydrogen (secondary N) is 1. The maximum Gasteiger partial charge on any atom is 0.218 e. The number of nitrogens with zero attached hydrogens (tertiary/aromatic N) is 3. The third kappa shape index (κ3) is 4.22. The standard InChI is InChI=1S/C17H22N4O/c1-18-17(21(2)13-14-8-5-4-6-9-14)20-12-15-10-7-11-19-16(15)22-3/h4-11H,12-13H2,1-3H3,(H,18,20). The van der Waals surface area contributed by atoms with E-state index in [0.717, 1.165) is 18.1 Å². The normalized spacial score (nSPS) is 11.1. The van der Waals surface area contributed by atoms with E-state index < -0.39 is 0 Å². The molecule has 0 fully saturated rings. The SMILES string of the molecule is CN=C(NCc1cccnc1OC)N(C)Cc1ccccc1. The summed E-state index contributed by atoms with van der Waals surface area (Å²) < 4.78 is 5.26. The van der Waals surface area contributed by atoms with Gasteiger partial charge in [-0.15, -0.1) is 0 Å². The fourth-order valence-electron chi connectivity index (χ4n) is 2.23. The first kappa shape index (κ1) is 15.8. The number of pyridine rings is 1. The molecule has 5 heteroatoms. The van der Waals surface area contributed by atoms with Crippen molar-refractivity contribution in [3.05, 3.63) is 59.8 Å². The molecule has 0 aliphatic carbocycles. The fraction of sp³-hybridized carbons (Fsp3) is 0.294. The number of aliphatic imine (C=N–C) groups is 1. The van der Waals surface area contributed by atoms with Crippen LogP contribution in [0.2, 0.25) is 0 Å². The highest BCUT2D eigenvalue weighted by Crippen LogP contribution is 2.13. The molecular weight excluding hydrogens is 276 g/mol. The van der Waals surface area contributed by atoms with Gasteiger partial charge >= 0.3 is 0 Å². The van der Waals surface area contributed by atoms with Gasteiger partial charge in [0.1, 0.15) is 0 Å². The zero-order valence-corrected chi connectivity index (χ0v) is 13.3. The largest absolute Gasteiger partial charge is 0.481 e. The molecule has 0 amide bonds. The van der Waals surface area contributed by atoms with Gasteiger partial charge in [0.15, 0.2) is 5.96 Å². The second-order valence-electron chi connectivity index (χ2n) is 4.91. The van der Waals surface area contributed by atoms with Gasteiger partial charge in [0, 0.05) is 38.9 Å². The van der Waals surface area contributed by atoms with Crippen molar-refractivity contribution in [3.63, 3.8) is 0 Å². The Balaban J connectivity index is 1.97. The number of guanidine groups is 1. The third-order valence-corrected chi connectivity index (χ3v) is 3.32. The Kier molecular flexibility index (Phi) is 5.77. The van der Waals surface area contributed by atoms with Crippen LogP contribution in [0, 0.1) is 0 Å². The number of ether oxygens (including phenoxy) is 1. The minimum Gasteiger partial charge on any atom is -0.481 e. The second-order valence-corrected chi connectivity index (χ2v) is 4.91. The number of rotatable bonds is 5. The molecule has 1 aromatic heterocycles. The van der Waals surface area contributed by atoms with Crippen LogP contribution >= 0.6 is 0 Å². The molecule has 0 aliphatic heterocycles. The molecule has 116 valence electrons. The highest BCUT2D eigenvalue weighted by molar-refractivity contribution is 5.79. The summed E-state index contributed by atoms with van der Waals surface area (Å²) in [6.45, 7) is 1.41. The van der Waals surface area contributed by atoms with Crippen LogP contribution in [0.4, 0.5) is 0 Å². The topological polar surface area (TPSA) is 49.8 Å². The van der Waals surface area contributed by atoms with Crippen molar-refractivity contribution < 1.29 is 4.74 Å². The van der Waals surface area contributed by atoms with E-state index in [9.17, 15) is 0 Å².